The van der Waals surface area contributed by atoms with Crippen molar-refractivity contribution in [2.45, 2.75) is 37.7 Å². The van der Waals surface area contributed by atoms with E-state index in [0.717, 1.165) is 18.6 Å². The molecule has 2 nitrogen and oxygen atoms in total. The minimum atomic E-state index is -0.0739. The molecule has 0 aliphatic heterocycles. The lowest BCUT2D eigenvalue weighted by atomic mass is 9.76. The Labute approximate surface area is 84.4 Å². The minimum absolute atomic E-state index is 0.0739. The first-order valence-electron chi connectivity index (χ1n) is 4.78. The van der Waals surface area contributed by atoms with Crippen LogP contribution in [0, 0.1) is 0 Å². The summed E-state index contributed by atoms with van der Waals surface area (Å²) in [6, 6.07) is 0. The first-order chi connectivity index (χ1) is 6.22. The normalized spacial score (nSPS) is 19.5. The molecule has 1 rings (SSSR count). The highest BCUT2D eigenvalue weighted by molar-refractivity contribution is 7.98. The number of ketones is 1. The predicted molar refractivity (Wildman–Crippen MR) is 56.2 cm³/mol. The maximum atomic E-state index is 11.5. The van der Waals surface area contributed by atoms with Crippen LogP contribution < -0.4 is 0 Å². The number of rotatable bonds is 6. The molecule has 0 heterocycles. The van der Waals surface area contributed by atoms with Gasteiger partial charge in [-0.2, -0.15) is 11.8 Å². The van der Waals surface area contributed by atoms with Crippen LogP contribution >= 0.6 is 11.8 Å². The second-order valence-corrected chi connectivity index (χ2v) is 4.68. The fourth-order valence-electron chi connectivity index (χ4n) is 1.69. The molecule has 0 bridgehead atoms. The summed E-state index contributed by atoms with van der Waals surface area (Å²) in [7, 11) is 1.72. The van der Waals surface area contributed by atoms with Gasteiger partial charge in [-0.15, -0.1) is 0 Å². The van der Waals surface area contributed by atoms with Crippen molar-refractivity contribution in [1.29, 1.82) is 0 Å². The minimum Gasteiger partial charge on any atom is -0.378 e. The Morgan fingerprint density at radius 1 is 1.54 bits per heavy atom. The number of thioether (sulfide) groups is 1. The van der Waals surface area contributed by atoms with E-state index in [2.05, 4.69) is 0 Å². The summed E-state index contributed by atoms with van der Waals surface area (Å²) in [5, 5.41) is 0. The van der Waals surface area contributed by atoms with E-state index in [1.807, 2.05) is 6.26 Å². The fraction of sp³-hybridized carbons (Fsp3) is 0.900. The molecule has 1 aliphatic rings. The summed E-state index contributed by atoms with van der Waals surface area (Å²) >= 11 is 1.73. The predicted octanol–water partition coefficient (Wildman–Crippen LogP) is 2.27. The molecule has 0 N–H and O–H groups in total. The highest BCUT2D eigenvalue weighted by Gasteiger charge is 2.38. The van der Waals surface area contributed by atoms with Crippen molar-refractivity contribution >= 4 is 17.5 Å². The van der Waals surface area contributed by atoms with Crippen LogP contribution in [0.3, 0.4) is 0 Å². The zero-order chi connectivity index (χ0) is 9.73. The molecular formula is C10H18O2S. The number of ether oxygens (including phenoxy) is 1. The van der Waals surface area contributed by atoms with Crippen LogP contribution in [0.25, 0.3) is 0 Å². The molecule has 1 aliphatic carbocycles. The van der Waals surface area contributed by atoms with Crippen LogP contribution in [0.5, 0.6) is 0 Å². The summed E-state index contributed by atoms with van der Waals surface area (Å²) in [5.41, 5.74) is -0.0739. The summed E-state index contributed by atoms with van der Waals surface area (Å²) in [6.45, 7) is 0. The van der Waals surface area contributed by atoms with Crippen molar-refractivity contribution < 1.29 is 9.53 Å². The Morgan fingerprint density at radius 2 is 2.23 bits per heavy atom. The number of carbonyl (C=O) groups excluding carboxylic acids is 1. The quantitative estimate of drug-likeness (QED) is 0.661. The average molecular weight is 202 g/mol. The SMILES string of the molecule is COC1(CC(=O)CCSC)CCC1. The third-order valence-corrected chi connectivity index (χ3v) is 3.41. The van der Waals surface area contributed by atoms with Gasteiger partial charge in [-0.05, 0) is 31.3 Å². The number of methoxy groups -OCH3 is 1. The van der Waals surface area contributed by atoms with Crippen molar-refractivity contribution in [2.75, 3.05) is 19.1 Å². The van der Waals surface area contributed by atoms with Crippen molar-refractivity contribution in [3.63, 3.8) is 0 Å². The van der Waals surface area contributed by atoms with Gasteiger partial charge in [0.05, 0.1) is 5.60 Å². The van der Waals surface area contributed by atoms with Crippen LogP contribution in [0.15, 0.2) is 0 Å². The van der Waals surface area contributed by atoms with Crippen LogP contribution in [-0.2, 0) is 9.53 Å². The lowest BCUT2D eigenvalue weighted by molar-refractivity contribution is -0.131. The van der Waals surface area contributed by atoms with Gasteiger partial charge in [0.2, 0.25) is 0 Å². The van der Waals surface area contributed by atoms with E-state index in [4.69, 9.17) is 4.74 Å². The largest absolute Gasteiger partial charge is 0.378 e. The lowest BCUT2D eigenvalue weighted by Gasteiger charge is -2.40. The summed E-state index contributed by atoms with van der Waals surface area (Å²) in [5.74, 6) is 1.30. The van der Waals surface area contributed by atoms with Gasteiger partial charge in [0.1, 0.15) is 5.78 Å². The second kappa shape index (κ2) is 5.01. The summed E-state index contributed by atoms with van der Waals surface area (Å²) < 4.78 is 5.40. The van der Waals surface area contributed by atoms with Gasteiger partial charge in [0.15, 0.2) is 0 Å². The average Bonchev–Trinajstić information content (AvgIpc) is 2.08. The van der Waals surface area contributed by atoms with Crippen LogP contribution in [-0.4, -0.2) is 30.5 Å². The highest BCUT2D eigenvalue weighted by Crippen LogP contribution is 2.38. The second-order valence-electron chi connectivity index (χ2n) is 3.70. The molecule has 0 radical (unpaired) electrons. The van der Waals surface area contributed by atoms with Crippen molar-refractivity contribution in [2.24, 2.45) is 0 Å². The Balaban J connectivity index is 2.25. The third kappa shape index (κ3) is 2.99. The maximum absolute atomic E-state index is 11.5. The number of carbonyl (C=O) groups is 1. The monoisotopic (exact) mass is 202 g/mol. The number of hydrogen-bond acceptors (Lipinski definition) is 3. The number of Topliss-reactive ketones (excluding diaryl/α,β-unsaturated/α-hetero) is 1. The van der Waals surface area contributed by atoms with E-state index in [0.29, 0.717) is 18.6 Å². The van der Waals surface area contributed by atoms with E-state index in [9.17, 15) is 4.79 Å². The van der Waals surface area contributed by atoms with Gasteiger partial charge >= 0.3 is 0 Å². The van der Waals surface area contributed by atoms with E-state index in [1.165, 1.54) is 6.42 Å². The molecule has 0 spiro atoms. The van der Waals surface area contributed by atoms with Crippen molar-refractivity contribution in [3.05, 3.63) is 0 Å². The van der Waals surface area contributed by atoms with Crippen LogP contribution in [0.1, 0.15) is 32.1 Å². The van der Waals surface area contributed by atoms with E-state index in [1.54, 1.807) is 18.9 Å². The highest BCUT2D eigenvalue weighted by atomic mass is 32.2. The molecule has 0 amide bonds. The standard InChI is InChI=1S/C10H18O2S/c1-12-10(5-3-6-10)8-9(11)4-7-13-2/h3-8H2,1-2H3. The van der Waals surface area contributed by atoms with Gasteiger partial charge in [-0.3, -0.25) is 4.79 Å². The van der Waals surface area contributed by atoms with Gasteiger partial charge < -0.3 is 4.74 Å². The van der Waals surface area contributed by atoms with Gasteiger partial charge in [-0.1, -0.05) is 0 Å². The smallest absolute Gasteiger partial charge is 0.136 e. The molecule has 0 aromatic heterocycles. The van der Waals surface area contributed by atoms with Crippen molar-refractivity contribution in [1.82, 2.24) is 0 Å². The van der Waals surface area contributed by atoms with Crippen molar-refractivity contribution in [3.8, 4) is 0 Å². The van der Waals surface area contributed by atoms with Gasteiger partial charge in [-0.25, -0.2) is 0 Å². The molecule has 76 valence electrons. The zero-order valence-electron chi connectivity index (χ0n) is 8.47. The zero-order valence-corrected chi connectivity index (χ0v) is 9.28. The van der Waals surface area contributed by atoms with E-state index >= 15 is 0 Å². The lowest BCUT2D eigenvalue weighted by Crippen LogP contribution is -2.41. The Morgan fingerprint density at radius 3 is 2.62 bits per heavy atom. The third-order valence-electron chi connectivity index (χ3n) is 2.80. The first-order valence-corrected chi connectivity index (χ1v) is 6.18. The molecule has 0 aromatic rings. The summed E-state index contributed by atoms with van der Waals surface area (Å²) in [4.78, 5) is 11.5. The first kappa shape index (κ1) is 11.1. The molecule has 0 unspecified atom stereocenters. The molecule has 0 atom stereocenters. The summed E-state index contributed by atoms with van der Waals surface area (Å²) in [6.07, 6.45) is 6.70. The molecule has 0 saturated heterocycles. The molecule has 1 saturated carbocycles. The van der Waals surface area contributed by atoms with Crippen LogP contribution in [0.4, 0.5) is 0 Å². The molecule has 0 aromatic carbocycles. The topological polar surface area (TPSA) is 26.3 Å². The number of hydrogen-bond donors (Lipinski definition) is 0. The molecule has 3 heteroatoms. The van der Waals surface area contributed by atoms with Gasteiger partial charge in [0.25, 0.3) is 0 Å². The molecule has 1 fully saturated rings. The Kier molecular flexibility index (Phi) is 4.26. The molecule has 13 heavy (non-hydrogen) atoms. The Bertz CT molecular complexity index is 170. The maximum Gasteiger partial charge on any atom is 0.136 e. The van der Waals surface area contributed by atoms with Gasteiger partial charge in [0, 0.05) is 20.0 Å². The Hall–Kier alpha value is -0.0200. The fourth-order valence-corrected chi connectivity index (χ4v) is 2.12. The van der Waals surface area contributed by atoms with E-state index < -0.39 is 0 Å². The van der Waals surface area contributed by atoms with Crippen LogP contribution in [0.2, 0.25) is 0 Å². The molecular weight excluding hydrogens is 184 g/mol. The van der Waals surface area contributed by atoms with E-state index in [-0.39, 0.29) is 5.60 Å².